The Morgan fingerprint density at radius 3 is 0.603 bits per heavy atom. The number of hydrogen-bond donors (Lipinski definition) is 0. The average Bonchev–Trinajstić information content (AvgIpc) is 3.93. The van der Waals surface area contributed by atoms with Gasteiger partial charge in [0.2, 0.25) is 6.71 Å². The maximum absolute atomic E-state index is 2.39. The van der Waals surface area contributed by atoms with Crippen molar-refractivity contribution in [3.8, 4) is 17.1 Å². The summed E-state index contributed by atoms with van der Waals surface area (Å²) in [6.07, 6.45) is 0. The number of rotatable bonds is 6. The second-order valence-corrected chi connectivity index (χ2v) is 15.3. The summed E-state index contributed by atoms with van der Waals surface area (Å²) in [5, 5.41) is 7.62. The fraction of sp³-hybridized carbons (Fsp3) is 0. The second kappa shape index (κ2) is 13.0. The van der Waals surface area contributed by atoms with Crippen LogP contribution in [0.5, 0.6) is 0 Å². The number of aromatic nitrogens is 3. The van der Waals surface area contributed by atoms with Gasteiger partial charge in [0, 0.05) is 49.4 Å². The third-order valence-electron chi connectivity index (χ3n) is 12.2. The number of para-hydroxylation sites is 6. The van der Waals surface area contributed by atoms with Crippen molar-refractivity contribution in [3.05, 3.63) is 218 Å². The third kappa shape index (κ3) is 4.95. The molecule has 3 heterocycles. The Bertz CT molecular complexity index is 2960. The van der Waals surface area contributed by atoms with Crippen LogP contribution in [0, 0.1) is 0 Å². The van der Waals surface area contributed by atoms with Crippen LogP contribution in [0.1, 0.15) is 0 Å². The first kappa shape index (κ1) is 32.7. The Balaban J connectivity index is 0.996. The van der Waals surface area contributed by atoms with Crippen molar-refractivity contribution < 1.29 is 0 Å². The molecule has 12 aromatic rings. The van der Waals surface area contributed by atoms with E-state index in [1.54, 1.807) is 0 Å². The first-order valence-corrected chi connectivity index (χ1v) is 20.1. The predicted molar refractivity (Wildman–Crippen MR) is 247 cm³/mol. The van der Waals surface area contributed by atoms with E-state index in [0.29, 0.717) is 0 Å². The summed E-state index contributed by atoms with van der Waals surface area (Å²) < 4.78 is 7.18. The van der Waals surface area contributed by atoms with Gasteiger partial charge in [-0.05, 0) is 72.8 Å². The summed E-state index contributed by atoms with van der Waals surface area (Å²) in [6, 6.07) is 80.0. The standard InChI is InChI=1S/C54H36BN3/c1-7-19-49-43(13-1)44-14-2-8-20-50(44)56(49)40-31-25-37(26-32-40)55(38-27-33-41(34-28-38)57-51-21-9-3-15-45(51)46-16-4-10-22-52(46)57)39-29-35-42(36-30-39)58-53-23-11-5-17-47(53)48-18-6-12-24-54(48)58/h1-36H. The molecule has 0 fully saturated rings. The van der Waals surface area contributed by atoms with Crippen LogP contribution in [0.25, 0.3) is 82.5 Å². The zero-order valence-corrected chi connectivity index (χ0v) is 31.7. The molecule has 12 rings (SSSR count). The van der Waals surface area contributed by atoms with Gasteiger partial charge >= 0.3 is 0 Å². The van der Waals surface area contributed by atoms with Crippen LogP contribution in [0.4, 0.5) is 0 Å². The van der Waals surface area contributed by atoms with Crippen LogP contribution in [-0.2, 0) is 0 Å². The predicted octanol–water partition coefficient (Wildman–Crippen LogP) is 11.5. The van der Waals surface area contributed by atoms with Gasteiger partial charge in [0.15, 0.2) is 0 Å². The van der Waals surface area contributed by atoms with E-state index in [9.17, 15) is 0 Å². The molecule has 58 heavy (non-hydrogen) atoms. The smallest absolute Gasteiger partial charge is 0.241 e. The first-order valence-electron chi connectivity index (χ1n) is 20.1. The molecule has 0 bridgehead atoms. The molecule has 0 unspecified atom stereocenters. The molecule has 0 aliphatic heterocycles. The van der Waals surface area contributed by atoms with Crippen molar-refractivity contribution in [1.29, 1.82) is 0 Å². The lowest BCUT2D eigenvalue weighted by Crippen LogP contribution is -2.52. The van der Waals surface area contributed by atoms with E-state index in [4.69, 9.17) is 0 Å². The molecule has 0 saturated carbocycles. The molecule has 0 aliphatic carbocycles. The largest absolute Gasteiger partial charge is 0.309 e. The molecule has 0 atom stereocenters. The molecule has 0 spiro atoms. The van der Waals surface area contributed by atoms with Crippen LogP contribution < -0.4 is 16.4 Å². The lowest BCUT2D eigenvalue weighted by atomic mass is 9.37. The highest BCUT2D eigenvalue weighted by Gasteiger charge is 2.24. The number of benzene rings is 9. The maximum Gasteiger partial charge on any atom is 0.241 e. The van der Waals surface area contributed by atoms with E-state index in [2.05, 4.69) is 232 Å². The molecule has 0 aliphatic rings. The van der Waals surface area contributed by atoms with Crippen molar-refractivity contribution in [2.75, 3.05) is 0 Å². The van der Waals surface area contributed by atoms with Gasteiger partial charge in [-0.25, -0.2) is 0 Å². The molecular formula is C54H36BN3. The molecule has 9 aromatic carbocycles. The summed E-state index contributed by atoms with van der Waals surface area (Å²) in [6.45, 7) is 0.0200. The van der Waals surface area contributed by atoms with E-state index in [-0.39, 0.29) is 6.71 Å². The quantitative estimate of drug-likeness (QED) is 0.151. The summed E-state index contributed by atoms with van der Waals surface area (Å²) in [5.74, 6) is 0. The minimum absolute atomic E-state index is 0.0200. The fourth-order valence-corrected chi connectivity index (χ4v) is 9.63. The van der Waals surface area contributed by atoms with Crippen LogP contribution in [0.3, 0.4) is 0 Å². The molecule has 3 aromatic heterocycles. The Morgan fingerprint density at radius 1 is 0.207 bits per heavy atom. The highest BCUT2D eigenvalue weighted by Crippen LogP contribution is 2.34. The lowest BCUT2D eigenvalue weighted by molar-refractivity contribution is 1.18. The van der Waals surface area contributed by atoms with Crippen molar-refractivity contribution in [3.63, 3.8) is 0 Å². The van der Waals surface area contributed by atoms with Gasteiger partial charge in [-0.2, -0.15) is 0 Å². The molecule has 0 N–H and O–H groups in total. The minimum atomic E-state index is 0.0200. The van der Waals surface area contributed by atoms with Gasteiger partial charge in [-0.1, -0.05) is 162 Å². The second-order valence-electron chi connectivity index (χ2n) is 15.3. The van der Waals surface area contributed by atoms with Crippen LogP contribution in [-0.4, -0.2) is 20.4 Å². The van der Waals surface area contributed by atoms with Crippen LogP contribution in [0.15, 0.2) is 218 Å². The van der Waals surface area contributed by atoms with Crippen molar-refractivity contribution in [2.24, 2.45) is 0 Å². The zero-order chi connectivity index (χ0) is 38.2. The van der Waals surface area contributed by atoms with E-state index < -0.39 is 0 Å². The van der Waals surface area contributed by atoms with Gasteiger partial charge in [-0.15, -0.1) is 0 Å². The third-order valence-corrected chi connectivity index (χ3v) is 12.2. The zero-order valence-electron chi connectivity index (χ0n) is 31.7. The highest BCUT2D eigenvalue weighted by molar-refractivity contribution is 6.95. The molecule has 270 valence electrons. The van der Waals surface area contributed by atoms with Gasteiger partial charge < -0.3 is 13.7 Å². The molecular weight excluding hydrogens is 701 g/mol. The van der Waals surface area contributed by atoms with Crippen molar-refractivity contribution in [1.82, 2.24) is 13.7 Å². The van der Waals surface area contributed by atoms with Crippen molar-refractivity contribution in [2.45, 2.75) is 0 Å². The summed E-state index contributed by atoms with van der Waals surface area (Å²) >= 11 is 0. The monoisotopic (exact) mass is 737 g/mol. The maximum atomic E-state index is 2.39. The normalized spacial score (nSPS) is 11.8. The number of nitrogens with zero attached hydrogens (tertiary/aromatic N) is 3. The lowest BCUT2D eigenvalue weighted by Gasteiger charge is -2.18. The van der Waals surface area contributed by atoms with E-state index in [0.717, 1.165) is 17.1 Å². The minimum Gasteiger partial charge on any atom is -0.309 e. The molecule has 4 heteroatoms. The van der Waals surface area contributed by atoms with E-state index >= 15 is 0 Å². The topological polar surface area (TPSA) is 14.8 Å². The van der Waals surface area contributed by atoms with E-state index in [1.165, 1.54) is 81.8 Å². The van der Waals surface area contributed by atoms with Crippen LogP contribution >= 0.6 is 0 Å². The Morgan fingerprint density at radius 2 is 0.397 bits per heavy atom. The Labute approximate surface area is 336 Å². The Kier molecular flexibility index (Phi) is 7.33. The van der Waals surface area contributed by atoms with Gasteiger partial charge in [0.1, 0.15) is 0 Å². The summed E-state index contributed by atoms with van der Waals surface area (Å²) in [7, 11) is 0. The molecule has 0 saturated heterocycles. The average molecular weight is 738 g/mol. The molecule has 0 amide bonds. The van der Waals surface area contributed by atoms with Crippen LogP contribution in [0.2, 0.25) is 0 Å². The summed E-state index contributed by atoms with van der Waals surface area (Å²) in [4.78, 5) is 0. The first-order chi connectivity index (χ1) is 28.8. The number of hydrogen-bond acceptors (Lipinski definition) is 0. The number of fused-ring (bicyclic) bond motifs is 9. The van der Waals surface area contributed by atoms with Gasteiger partial charge in [-0.3, -0.25) is 0 Å². The fourth-order valence-electron chi connectivity index (χ4n) is 9.63. The highest BCUT2D eigenvalue weighted by atomic mass is 15.0. The molecule has 0 radical (unpaired) electrons. The van der Waals surface area contributed by atoms with Gasteiger partial charge in [0.25, 0.3) is 0 Å². The SMILES string of the molecule is c1ccc2c(c1)c1ccccc1n2-c1ccc(B(c2ccc(-n3c4ccccc4c4ccccc43)cc2)c2ccc(-n3c4ccccc4c4ccccc43)cc2)cc1. The Hall–Kier alpha value is -7.56. The van der Waals surface area contributed by atoms with E-state index in [1.807, 2.05) is 0 Å². The summed E-state index contributed by atoms with van der Waals surface area (Å²) in [5.41, 5.74) is 14.5. The van der Waals surface area contributed by atoms with Gasteiger partial charge in [0.05, 0.1) is 33.1 Å². The molecule has 3 nitrogen and oxygen atoms in total. The van der Waals surface area contributed by atoms with Crippen molar-refractivity contribution >= 4 is 88.5 Å².